The summed E-state index contributed by atoms with van der Waals surface area (Å²) in [6, 6.07) is 17.7. The number of rotatable bonds is 6. The molecule has 2 aromatic carbocycles. The number of carbonyl (C=O) groups excluding carboxylic acids is 1. The van der Waals surface area contributed by atoms with Crippen LogP contribution in [0.4, 0.5) is 5.82 Å². The average molecular weight is 433 g/mol. The van der Waals surface area contributed by atoms with Crippen LogP contribution in [0.2, 0.25) is 0 Å². The second-order valence-electron chi connectivity index (χ2n) is 7.88. The molecular weight excluding hydrogens is 404 g/mol. The highest BCUT2D eigenvalue weighted by molar-refractivity contribution is 5.79. The number of methoxy groups -OCH3 is 2. The van der Waals surface area contributed by atoms with E-state index in [0.29, 0.717) is 31.0 Å². The Balaban J connectivity index is 1.36. The first-order chi connectivity index (χ1) is 15.6. The first kappa shape index (κ1) is 21.6. The molecule has 7 heteroatoms. The Kier molecular flexibility index (Phi) is 6.54. The fraction of sp³-hybridized carbons (Fsp3) is 0.320. The molecule has 0 atom stereocenters. The summed E-state index contributed by atoms with van der Waals surface area (Å²) in [5.74, 6) is 2.32. The Bertz CT molecular complexity index is 1080. The molecule has 0 radical (unpaired) electrons. The van der Waals surface area contributed by atoms with Crippen LogP contribution in [0.15, 0.2) is 54.6 Å². The van der Waals surface area contributed by atoms with Crippen LogP contribution in [-0.2, 0) is 11.2 Å². The van der Waals surface area contributed by atoms with E-state index in [4.69, 9.17) is 9.47 Å². The first-order valence-electron chi connectivity index (χ1n) is 10.7. The van der Waals surface area contributed by atoms with Crippen molar-refractivity contribution in [2.24, 2.45) is 0 Å². The van der Waals surface area contributed by atoms with Gasteiger partial charge in [-0.2, -0.15) is 0 Å². The van der Waals surface area contributed by atoms with Crippen LogP contribution in [0, 0.1) is 6.92 Å². The van der Waals surface area contributed by atoms with Crippen LogP contribution in [0.5, 0.6) is 11.5 Å². The monoisotopic (exact) mass is 432 g/mol. The van der Waals surface area contributed by atoms with Crippen LogP contribution < -0.4 is 14.4 Å². The lowest BCUT2D eigenvalue weighted by Gasteiger charge is -2.35. The highest BCUT2D eigenvalue weighted by Crippen LogP contribution is 2.31. The summed E-state index contributed by atoms with van der Waals surface area (Å²) in [4.78, 5) is 16.8. The highest BCUT2D eigenvalue weighted by atomic mass is 16.5. The van der Waals surface area contributed by atoms with Crippen LogP contribution in [0.3, 0.4) is 0 Å². The maximum Gasteiger partial charge on any atom is 0.227 e. The van der Waals surface area contributed by atoms with E-state index in [2.05, 4.69) is 21.2 Å². The van der Waals surface area contributed by atoms with Gasteiger partial charge in [-0.3, -0.25) is 4.79 Å². The maximum absolute atomic E-state index is 12.7. The van der Waals surface area contributed by atoms with E-state index in [1.54, 1.807) is 14.2 Å². The Morgan fingerprint density at radius 1 is 0.906 bits per heavy atom. The molecule has 3 aromatic rings. The molecule has 0 spiro atoms. The van der Waals surface area contributed by atoms with E-state index < -0.39 is 0 Å². The number of benzene rings is 2. The van der Waals surface area contributed by atoms with E-state index in [9.17, 15) is 4.79 Å². The number of carbonyl (C=O) groups is 1. The molecule has 0 unspecified atom stereocenters. The minimum absolute atomic E-state index is 0.171. The van der Waals surface area contributed by atoms with Crippen molar-refractivity contribution in [3.05, 3.63) is 65.7 Å². The Hall–Kier alpha value is -3.61. The zero-order valence-electron chi connectivity index (χ0n) is 18.7. The lowest BCUT2D eigenvalue weighted by molar-refractivity contribution is -0.130. The molecule has 7 nitrogen and oxygen atoms in total. The second-order valence-corrected chi connectivity index (χ2v) is 7.88. The average Bonchev–Trinajstić information content (AvgIpc) is 2.84. The third kappa shape index (κ3) is 4.82. The standard InChI is InChI=1S/C25H28N4O3/c1-18-5-4-6-19(15-18)16-25(30)29-13-11-28(12-14-29)24-10-8-21(26-27-24)20-7-9-22(31-2)23(17-20)32-3/h4-10,15,17H,11-14,16H2,1-3H3. The molecule has 1 aromatic heterocycles. The van der Waals surface area contributed by atoms with Crippen LogP contribution in [0.1, 0.15) is 11.1 Å². The molecule has 1 amide bonds. The molecule has 0 bridgehead atoms. The molecule has 4 rings (SSSR count). The van der Waals surface area contributed by atoms with Gasteiger partial charge in [0.2, 0.25) is 5.91 Å². The number of aryl methyl sites for hydroxylation is 1. The van der Waals surface area contributed by atoms with Gasteiger partial charge in [0.1, 0.15) is 0 Å². The lowest BCUT2D eigenvalue weighted by Crippen LogP contribution is -2.49. The zero-order valence-corrected chi connectivity index (χ0v) is 18.7. The second kappa shape index (κ2) is 9.68. The fourth-order valence-electron chi connectivity index (χ4n) is 3.94. The van der Waals surface area contributed by atoms with Gasteiger partial charge in [-0.1, -0.05) is 29.8 Å². The lowest BCUT2D eigenvalue weighted by atomic mass is 10.1. The van der Waals surface area contributed by atoms with Gasteiger partial charge in [0.15, 0.2) is 17.3 Å². The van der Waals surface area contributed by atoms with Crippen molar-refractivity contribution < 1.29 is 14.3 Å². The SMILES string of the molecule is COc1ccc(-c2ccc(N3CCN(C(=O)Cc4cccc(C)c4)CC3)nn2)cc1OC. The van der Waals surface area contributed by atoms with Crippen molar-refractivity contribution >= 4 is 11.7 Å². The molecule has 2 heterocycles. The van der Waals surface area contributed by atoms with E-state index in [0.717, 1.165) is 35.7 Å². The summed E-state index contributed by atoms with van der Waals surface area (Å²) >= 11 is 0. The largest absolute Gasteiger partial charge is 0.493 e. The molecule has 0 N–H and O–H groups in total. The quantitative estimate of drug-likeness (QED) is 0.595. The van der Waals surface area contributed by atoms with Gasteiger partial charge in [-0.05, 0) is 42.8 Å². The number of anilines is 1. The van der Waals surface area contributed by atoms with Crippen LogP contribution >= 0.6 is 0 Å². The van der Waals surface area contributed by atoms with Crippen LogP contribution in [0.25, 0.3) is 11.3 Å². The molecule has 1 aliphatic rings. The molecule has 1 saturated heterocycles. The normalized spacial score (nSPS) is 13.7. The molecule has 0 aliphatic carbocycles. The summed E-state index contributed by atoms with van der Waals surface area (Å²) in [5, 5.41) is 8.83. The summed E-state index contributed by atoms with van der Waals surface area (Å²) in [6.45, 7) is 4.89. The predicted molar refractivity (Wildman–Crippen MR) is 124 cm³/mol. The first-order valence-corrected chi connectivity index (χ1v) is 10.7. The number of nitrogens with zero attached hydrogens (tertiary/aromatic N) is 4. The highest BCUT2D eigenvalue weighted by Gasteiger charge is 2.22. The molecule has 1 fully saturated rings. The van der Waals surface area contributed by atoms with Crippen molar-refractivity contribution in [3.63, 3.8) is 0 Å². The van der Waals surface area contributed by atoms with E-state index >= 15 is 0 Å². The molecule has 32 heavy (non-hydrogen) atoms. The molecular formula is C25H28N4O3. The zero-order chi connectivity index (χ0) is 22.5. The third-order valence-corrected chi connectivity index (χ3v) is 5.72. The minimum atomic E-state index is 0.171. The van der Waals surface area contributed by atoms with Gasteiger partial charge in [-0.25, -0.2) is 0 Å². The predicted octanol–water partition coefficient (Wildman–Crippen LogP) is 3.36. The number of hydrogen-bond acceptors (Lipinski definition) is 6. The Morgan fingerprint density at radius 3 is 2.34 bits per heavy atom. The van der Waals surface area contributed by atoms with Gasteiger partial charge in [0.25, 0.3) is 0 Å². The Morgan fingerprint density at radius 2 is 1.69 bits per heavy atom. The van der Waals surface area contributed by atoms with E-state index in [-0.39, 0.29) is 5.91 Å². The smallest absolute Gasteiger partial charge is 0.227 e. The number of hydrogen-bond donors (Lipinski definition) is 0. The minimum Gasteiger partial charge on any atom is -0.493 e. The van der Waals surface area contributed by atoms with Crippen molar-refractivity contribution in [2.75, 3.05) is 45.3 Å². The molecule has 0 saturated carbocycles. The number of piperazine rings is 1. The Labute approximate surface area is 188 Å². The fourth-order valence-corrected chi connectivity index (χ4v) is 3.94. The van der Waals surface area contributed by atoms with Gasteiger partial charge < -0.3 is 19.3 Å². The van der Waals surface area contributed by atoms with Crippen molar-refractivity contribution in [1.82, 2.24) is 15.1 Å². The van der Waals surface area contributed by atoms with Gasteiger partial charge in [0, 0.05) is 31.7 Å². The van der Waals surface area contributed by atoms with Crippen molar-refractivity contribution in [1.29, 1.82) is 0 Å². The van der Waals surface area contributed by atoms with Gasteiger partial charge in [-0.15, -0.1) is 10.2 Å². The van der Waals surface area contributed by atoms with Crippen molar-refractivity contribution in [2.45, 2.75) is 13.3 Å². The molecule has 1 aliphatic heterocycles. The topological polar surface area (TPSA) is 67.8 Å². The summed E-state index contributed by atoms with van der Waals surface area (Å²) in [5.41, 5.74) is 3.92. The summed E-state index contributed by atoms with van der Waals surface area (Å²) in [6.07, 6.45) is 0.446. The van der Waals surface area contributed by atoms with E-state index in [1.165, 1.54) is 5.56 Å². The summed E-state index contributed by atoms with van der Waals surface area (Å²) < 4.78 is 10.7. The third-order valence-electron chi connectivity index (χ3n) is 5.72. The number of amides is 1. The van der Waals surface area contributed by atoms with E-state index in [1.807, 2.05) is 60.4 Å². The van der Waals surface area contributed by atoms with Crippen LogP contribution in [-0.4, -0.2) is 61.4 Å². The van der Waals surface area contributed by atoms with Gasteiger partial charge in [0.05, 0.1) is 26.3 Å². The van der Waals surface area contributed by atoms with Gasteiger partial charge >= 0.3 is 0 Å². The number of ether oxygens (including phenoxy) is 2. The molecule has 166 valence electrons. The van der Waals surface area contributed by atoms with Crippen molar-refractivity contribution in [3.8, 4) is 22.8 Å². The summed E-state index contributed by atoms with van der Waals surface area (Å²) in [7, 11) is 3.23. The number of aromatic nitrogens is 2. The maximum atomic E-state index is 12.7.